The van der Waals surface area contributed by atoms with Crippen molar-refractivity contribution >= 4 is 15.9 Å². The van der Waals surface area contributed by atoms with Gasteiger partial charge in [0.25, 0.3) is 0 Å². The maximum absolute atomic E-state index is 13.5. The predicted molar refractivity (Wildman–Crippen MR) is 119 cm³/mol. The van der Waals surface area contributed by atoms with Crippen LogP contribution in [0.3, 0.4) is 0 Å². The molecule has 0 saturated carbocycles. The molecule has 0 atom stereocenters. The van der Waals surface area contributed by atoms with Crippen molar-refractivity contribution in [3.05, 3.63) is 65.2 Å². The van der Waals surface area contributed by atoms with E-state index in [0.29, 0.717) is 31.0 Å². The van der Waals surface area contributed by atoms with Gasteiger partial charge in [-0.25, -0.2) is 8.42 Å². The number of sulfonamides is 1. The zero-order chi connectivity index (χ0) is 21.6. The molecular weight excluding hydrogens is 398 g/mol. The molecule has 1 amide bonds. The summed E-state index contributed by atoms with van der Waals surface area (Å²) in [6, 6.07) is 15.3. The van der Waals surface area contributed by atoms with Crippen LogP contribution in [0, 0.1) is 13.8 Å². The van der Waals surface area contributed by atoms with E-state index in [9.17, 15) is 13.2 Å². The molecule has 0 aromatic heterocycles. The van der Waals surface area contributed by atoms with E-state index in [-0.39, 0.29) is 18.9 Å². The Morgan fingerprint density at radius 3 is 2.43 bits per heavy atom. The summed E-state index contributed by atoms with van der Waals surface area (Å²) in [5, 5.41) is 3.23. The first kappa shape index (κ1) is 22.5. The van der Waals surface area contributed by atoms with E-state index in [0.717, 1.165) is 29.8 Å². The molecule has 0 unspecified atom stereocenters. The van der Waals surface area contributed by atoms with Gasteiger partial charge in [0.1, 0.15) is 0 Å². The molecule has 162 valence electrons. The Morgan fingerprint density at radius 2 is 1.73 bits per heavy atom. The lowest BCUT2D eigenvalue weighted by Crippen LogP contribution is -2.47. The molecule has 1 N–H and O–H groups in total. The molecule has 1 aliphatic rings. The zero-order valence-corrected chi connectivity index (χ0v) is 18.6. The van der Waals surface area contributed by atoms with Crippen molar-refractivity contribution in [2.24, 2.45) is 0 Å². The summed E-state index contributed by atoms with van der Waals surface area (Å²) in [6.45, 7) is 7.14. The number of rotatable bonds is 8. The molecule has 0 aliphatic carbocycles. The highest BCUT2D eigenvalue weighted by atomic mass is 32.2. The number of piperazine rings is 1. The molecule has 2 aromatic rings. The summed E-state index contributed by atoms with van der Waals surface area (Å²) in [6.07, 6.45) is 0.797. The fraction of sp³-hybridized carbons (Fsp3) is 0.435. The van der Waals surface area contributed by atoms with Crippen LogP contribution in [0.1, 0.15) is 23.1 Å². The molecule has 1 fully saturated rings. The van der Waals surface area contributed by atoms with Gasteiger partial charge in [0.15, 0.2) is 0 Å². The van der Waals surface area contributed by atoms with Crippen molar-refractivity contribution in [1.82, 2.24) is 14.5 Å². The molecule has 0 spiro atoms. The van der Waals surface area contributed by atoms with Gasteiger partial charge < -0.3 is 10.2 Å². The highest BCUT2D eigenvalue weighted by molar-refractivity contribution is 7.89. The third-order valence-electron chi connectivity index (χ3n) is 5.50. The molecule has 30 heavy (non-hydrogen) atoms. The maximum Gasteiger partial charge on any atom is 0.243 e. The Balaban J connectivity index is 1.78. The summed E-state index contributed by atoms with van der Waals surface area (Å²) in [4.78, 5) is 14.8. The SMILES string of the molecule is Cc1ccc(C)c(S(=O)(=O)N(CCC(=O)N2CCNCC2)CCc2ccccc2)c1. The van der Waals surface area contributed by atoms with Crippen molar-refractivity contribution in [2.75, 3.05) is 39.3 Å². The molecule has 1 saturated heterocycles. The molecule has 0 bridgehead atoms. The van der Waals surface area contributed by atoms with Crippen LogP contribution in [-0.2, 0) is 21.2 Å². The molecule has 7 heteroatoms. The topological polar surface area (TPSA) is 69.7 Å². The van der Waals surface area contributed by atoms with Crippen molar-refractivity contribution in [1.29, 1.82) is 0 Å². The maximum atomic E-state index is 13.5. The second-order valence-corrected chi connectivity index (χ2v) is 9.70. The average molecular weight is 430 g/mol. The fourth-order valence-electron chi connectivity index (χ4n) is 3.67. The lowest BCUT2D eigenvalue weighted by Gasteiger charge is -2.29. The van der Waals surface area contributed by atoms with Crippen LogP contribution in [0.25, 0.3) is 0 Å². The smallest absolute Gasteiger partial charge is 0.243 e. The number of hydrogen-bond acceptors (Lipinski definition) is 4. The standard InChI is InChI=1S/C23H31N3O3S/c1-19-8-9-20(2)22(18-19)30(28,29)26(14-10-21-6-4-3-5-7-21)15-11-23(27)25-16-12-24-13-17-25/h3-9,18,24H,10-17H2,1-2H3. The van der Waals surface area contributed by atoms with Gasteiger partial charge in [0, 0.05) is 45.7 Å². The average Bonchev–Trinajstić information content (AvgIpc) is 2.76. The third-order valence-corrected chi connectivity index (χ3v) is 7.54. The molecule has 0 radical (unpaired) electrons. The first-order valence-electron chi connectivity index (χ1n) is 10.5. The van der Waals surface area contributed by atoms with Crippen molar-refractivity contribution in [3.8, 4) is 0 Å². The minimum Gasteiger partial charge on any atom is -0.340 e. The second kappa shape index (κ2) is 10.2. The normalized spacial score (nSPS) is 14.8. The molecule has 1 heterocycles. The number of nitrogens with one attached hydrogen (secondary N) is 1. The lowest BCUT2D eigenvalue weighted by atomic mass is 10.1. The first-order chi connectivity index (χ1) is 14.4. The Kier molecular flexibility index (Phi) is 7.64. The minimum absolute atomic E-state index is 0.0115. The molecule has 3 rings (SSSR count). The highest BCUT2D eigenvalue weighted by Gasteiger charge is 2.27. The van der Waals surface area contributed by atoms with Gasteiger partial charge in [-0.3, -0.25) is 4.79 Å². The minimum atomic E-state index is -3.70. The van der Waals surface area contributed by atoms with Crippen LogP contribution in [-0.4, -0.2) is 62.8 Å². The number of benzene rings is 2. The summed E-state index contributed by atoms with van der Waals surface area (Å²) in [7, 11) is -3.70. The Labute approximate surface area is 179 Å². The number of aryl methyl sites for hydroxylation is 2. The van der Waals surface area contributed by atoms with Gasteiger partial charge >= 0.3 is 0 Å². The number of carbonyl (C=O) groups excluding carboxylic acids is 1. The zero-order valence-electron chi connectivity index (χ0n) is 17.8. The van der Waals surface area contributed by atoms with Crippen LogP contribution < -0.4 is 5.32 Å². The van der Waals surface area contributed by atoms with Gasteiger partial charge in [-0.1, -0.05) is 42.5 Å². The van der Waals surface area contributed by atoms with Crippen molar-refractivity contribution in [2.45, 2.75) is 31.6 Å². The van der Waals surface area contributed by atoms with E-state index in [1.807, 2.05) is 61.2 Å². The summed E-state index contributed by atoms with van der Waals surface area (Å²) in [5.41, 5.74) is 2.70. The van der Waals surface area contributed by atoms with Gasteiger partial charge in [0.05, 0.1) is 4.90 Å². The van der Waals surface area contributed by atoms with Crippen LogP contribution in [0.15, 0.2) is 53.4 Å². The largest absolute Gasteiger partial charge is 0.340 e. The monoisotopic (exact) mass is 429 g/mol. The summed E-state index contributed by atoms with van der Waals surface area (Å²) < 4.78 is 28.5. The van der Waals surface area contributed by atoms with E-state index >= 15 is 0 Å². The van der Waals surface area contributed by atoms with E-state index in [4.69, 9.17) is 0 Å². The van der Waals surface area contributed by atoms with Gasteiger partial charge in [-0.2, -0.15) is 4.31 Å². The quantitative estimate of drug-likeness (QED) is 0.699. The molecular formula is C23H31N3O3S. The van der Waals surface area contributed by atoms with E-state index in [1.54, 1.807) is 6.07 Å². The van der Waals surface area contributed by atoms with E-state index in [2.05, 4.69) is 5.32 Å². The Bertz CT molecular complexity index is 955. The number of hydrogen-bond donors (Lipinski definition) is 1. The van der Waals surface area contributed by atoms with Crippen LogP contribution in [0.2, 0.25) is 0 Å². The first-order valence-corrected chi connectivity index (χ1v) is 11.9. The van der Waals surface area contributed by atoms with Crippen LogP contribution in [0.4, 0.5) is 0 Å². The number of nitrogens with zero attached hydrogens (tertiary/aromatic N) is 2. The highest BCUT2D eigenvalue weighted by Crippen LogP contribution is 2.22. The number of amides is 1. The molecule has 2 aromatic carbocycles. The van der Waals surface area contributed by atoms with Crippen molar-refractivity contribution in [3.63, 3.8) is 0 Å². The van der Waals surface area contributed by atoms with Crippen LogP contribution in [0.5, 0.6) is 0 Å². The van der Waals surface area contributed by atoms with Crippen molar-refractivity contribution < 1.29 is 13.2 Å². The Hall–Kier alpha value is -2.22. The fourth-order valence-corrected chi connectivity index (χ4v) is 5.42. The van der Waals surface area contributed by atoms with Gasteiger partial charge in [-0.15, -0.1) is 0 Å². The van der Waals surface area contributed by atoms with Gasteiger partial charge in [0.2, 0.25) is 15.9 Å². The third kappa shape index (κ3) is 5.68. The summed E-state index contributed by atoms with van der Waals surface area (Å²) in [5.74, 6) is 0.0115. The lowest BCUT2D eigenvalue weighted by molar-refractivity contribution is -0.131. The number of carbonyl (C=O) groups is 1. The molecule has 1 aliphatic heterocycles. The van der Waals surface area contributed by atoms with E-state index in [1.165, 1.54) is 4.31 Å². The second-order valence-electron chi connectivity index (χ2n) is 7.79. The predicted octanol–water partition coefficient (Wildman–Crippen LogP) is 2.36. The Morgan fingerprint density at radius 1 is 1.03 bits per heavy atom. The molecule has 6 nitrogen and oxygen atoms in total. The summed E-state index contributed by atoms with van der Waals surface area (Å²) >= 11 is 0. The van der Waals surface area contributed by atoms with Gasteiger partial charge in [-0.05, 0) is 43.0 Å². The van der Waals surface area contributed by atoms with E-state index < -0.39 is 10.0 Å². The van der Waals surface area contributed by atoms with Crippen LogP contribution >= 0.6 is 0 Å².